The minimum absolute atomic E-state index is 0.166. The van der Waals surface area contributed by atoms with Gasteiger partial charge in [-0.15, -0.1) is 0 Å². The lowest BCUT2D eigenvalue weighted by molar-refractivity contribution is 0.135. The van der Waals surface area contributed by atoms with E-state index in [-0.39, 0.29) is 11.9 Å². The van der Waals surface area contributed by atoms with Gasteiger partial charge in [-0.2, -0.15) is 5.10 Å². The third kappa shape index (κ3) is 4.10. The molecule has 1 heterocycles. The Morgan fingerprint density at radius 2 is 1.96 bits per heavy atom. The molecule has 0 fully saturated rings. The molecule has 25 heavy (non-hydrogen) atoms. The van der Waals surface area contributed by atoms with E-state index in [4.69, 9.17) is 0 Å². The van der Waals surface area contributed by atoms with Crippen LogP contribution in [0.5, 0.6) is 0 Å². The third-order valence-electron chi connectivity index (χ3n) is 4.24. The topological polar surface area (TPSA) is 63.0 Å². The first-order valence-corrected chi connectivity index (χ1v) is 8.16. The monoisotopic (exact) mass is 340 g/mol. The van der Waals surface area contributed by atoms with Crippen LogP contribution in [0.1, 0.15) is 29.7 Å². The van der Waals surface area contributed by atoms with Crippen molar-refractivity contribution in [3.63, 3.8) is 0 Å². The lowest BCUT2D eigenvalue weighted by Crippen LogP contribution is -2.31. The Bertz CT molecular complexity index is 818. The fourth-order valence-electron chi connectivity index (χ4n) is 2.76. The summed E-state index contributed by atoms with van der Waals surface area (Å²) in [6.07, 6.45) is 2.48. The smallest absolute Gasteiger partial charge is 0.138 e. The number of hydrogen-bond donors (Lipinski definition) is 2. The highest BCUT2D eigenvalue weighted by molar-refractivity contribution is 5.41. The highest BCUT2D eigenvalue weighted by Gasteiger charge is 2.16. The zero-order valence-corrected chi connectivity index (χ0v) is 14.2. The summed E-state index contributed by atoms with van der Waals surface area (Å²) < 4.78 is 14.7. The lowest BCUT2D eigenvalue weighted by atomic mass is 10.0. The number of aromatic nitrogens is 3. The summed E-state index contributed by atoms with van der Waals surface area (Å²) in [5.41, 5.74) is 3.89. The summed E-state index contributed by atoms with van der Waals surface area (Å²) in [5.74, 6) is -0.306. The van der Waals surface area contributed by atoms with Crippen molar-refractivity contribution in [3.8, 4) is 5.69 Å². The molecule has 5 nitrogen and oxygen atoms in total. The van der Waals surface area contributed by atoms with Gasteiger partial charge in [-0.05, 0) is 48.7 Å². The molecule has 0 saturated carbocycles. The number of aliphatic hydroxyl groups is 1. The first-order valence-electron chi connectivity index (χ1n) is 8.16. The minimum atomic E-state index is -0.698. The van der Waals surface area contributed by atoms with Crippen molar-refractivity contribution in [2.45, 2.75) is 32.5 Å². The molecule has 2 N–H and O–H groups in total. The van der Waals surface area contributed by atoms with E-state index in [1.165, 1.54) is 18.5 Å². The van der Waals surface area contributed by atoms with E-state index in [1.54, 1.807) is 23.1 Å². The van der Waals surface area contributed by atoms with Gasteiger partial charge in [0.25, 0.3) is 0 Å². The lowest BCUT2D eigenvalue weighted by Gasteiger charge is -2.21. The summed E-state index contributed by atoms with van der Waals surface area (Å²) in [5, 5.41) is 17.8. The Kier molecular flexibility index (Phi) is 5.21. The number of nitrogens with one attached hydrogen (secondary N) is 1. The average molecular weight is 340 g/mol. The predicted molar refractivity (Wildman–Crippen MR) is 93.8 cm³/mol. The van der Waals surface area contributed by atoms with Gasteiger partial charge in [0.2, 0.25) is 0 Å². The van der Waals surface area contributed by atoms with Crippen LogP contribution in [-0.4, -0.2) is 25.9 Å². The van der Waals surface area contributed by atoms with Gasteiger partial charge in [0.05, 0.1) is 11.8 Å². The molecule has 0 aliphatic carbocycles. The van der Waals surface area contributed by atoms with Gasteiger partial charge in [0.15, 0.2) is 0 Å². The van der Waals surface area contributed by atoms with Crippen LogP contribution in [0.3, 0.4) is 0 Å². The zero-order valence-electron chi connectivity index (χ0n) is 14.2. The first-order chi connectivity index (χ1) is 12.0. The van der Waals surface area contributed by atoms with E-state index < -0.39 is 6.10 Å². The normalized spacial score (nSPS) is 13.6. The van der Waals surface area contributed by atoms with Crippen molar-refractivity contribution in [2.24, 2.45) is 0 Å². The molecule has 0 radical (unpaired) electrons. The number of nitrogens with zero attached hydrogens (tertiary/aromatic N) is 3. The van der Waals surface area contributed by atoms with Crippen molar-refractivity contribution in [2.75, 3.05) is 0 Å². The van der Waals surface area contributed by atoms with Gasteiger partial charge in [-0.1, -0.05) is 24.3 Å². The van der Waals surface area contributed by atoms with Crippen molar-refractivity contribution in [1.82, 2.24) is 20.1 Å². The van der Waals surface area contributed by atoms with Crippen LogP contribution in [-0.2, 0) is 6.54 Å². The van der Waals surface area contributed by atoms with E-state index in [9.17, 15) is 9.50 Å². The Morgan fingerprint density at radius 1 is 1.20 bits per heavy atom. The number of aryl methyl sites for hydroxylation is 1. The minimum Gasteiger partial charge on any atom is -0.387 e. The highest BCUT2D eigenvalue weighted by Crippen LogP contribution is 2.18. The summed E-state index contributed by atoms with van der Waals surface area (Å²) in [7, 11) is 0. The summed E-state index contributed by atoms with van der Waals surface area (Å²) in [6, 6.07) is 11.9. The molecule has 0 saturated heterocycles. The average Bonchev–Trinajstić information content (AvgIpc) is 3.14. The Morgan fingerprint density at radius 3 is 2.60 bits per heavy atom. The third-order valence-corrected chi connectivity index (χ3v) is 4.24. The molecule has 0 aliphatic heterocycles. The van der Waals surface area contributed by atoms with E-state index in [1.807, 2.05) is 26.0 Å². The van der Waals surface area contributed by atoms with E-state index in [2.05, 4.69) is 21.5 Å². The molecule has 3 rings (SSSR count). The van der Waals surface area contributed by atoms with Crippen LogP contribution in [0.4, 0.5) is 4.39 Å². The molecule has 0 aliphatic rings. The Hall–Kier alpha value is -2.57. The number of benzene rings is 2. The maximum atomic E-state index is 13.0. The SMILES string of the molecule is Cc1cc(CNC(C)C(O)c2ccc(F)cc2)ccc1-n1cncn1. The molecule has 0 bridgehead atoms. The van der Waals surface area contributed by atoms with Crippen LogP contribution >= 0.6 is 0 Å². The maximum Gasteiger partial charge on any atom is 0.138 e. The molecule has 3 aromatic rings. The van der Waals surface area contributed by atoms with E-state index in [0.717, 1.165) is 16.8 Å². The van der Waals surface area contributed by atoms with Gasteiger partial charge in [0, 0.05) is 12.6 Å². The second-order valence-electron chi connectivity index (χ2n) is 6.13. The van der Waals surface area contributed by atoms with Crippen LogP contribution < -0.4 is 5.32 Å². The molecule has 130 valence electrons. The van der Waals surface area contributed by atoms with Crippen LogP contribution in [0.2, 0.25) is 0 Å². The van der Waals surface area contributed by atoms with Crippen LogP contribution in [0.15, 0.2) is 55.1 Å². The second kappa shape index (κ2) is 7.55. The molecular formula is C19H21FN4O. The molecule has 1 aromatic heterocycles. The molecule has 0 spiro atoms. The molecule has 0 amide bonds. The van der Waals surface area contributed by atoms with Crippen molar-refractivity contribution in [3.05, 3.63) is 77.6 Å². The fraction of sp³-hybridized carbons (Fsp3) is 0.263. The molecule has 2 unspecified atom stereocenters. The van der Waals surface area contributed by atoms with Crippen molar-refractivity contribution < 1.29 is 9.50 Å². The van der Waals surface area contributed by atoms with E-state index >= 15 is 0 Å². The number of aliphatic hydroxyl groups excluding tert-OH is 1. The number of hydrogen-bond acceptors (Lipinski definition) is 4. The maximum absolute atomic E-state index is 13.0. The zero-order chi connectivity index (χ0) is 17.8. The quantitative estimate of drug-likeness (QED) is 0.724. The van der Waals surface area contributed by atoms with Gasteiger partial charge >= 0.3 is 0 Å². The van der Waals surface area contributed by atoms with Crippen molar-refractivity contribution in [1.29, 1.82) is 0 Å². The summed E-state index contributed by atoms with van der Waals surface area (Å²) in [6.45, 7) is 4.56. The van der Waals surface area contributed by atoms with E-state index in [0.29, 0.717) is 12.1 Å². The molecule has 6 heteroatoms. The van der Waals surface area contributed by atoms with Gasteiger partial charge in [-0.3, -0.25) is 0 Å². The summed E-state index contributed by atoms with van der Waals surface area (Å²) >= 11 is 0. The molecule has 2 aromatic carbocycles. The largest absolute Gasteiger partial charge is 0.387 e. The van der Waals surface area contributed by atoms with Crippen molar-refractivity contribution >= 4 is 0 Å². The molecule has 2 atom stereocenters. The predicted octanol–water partition coefficient (Wildman–Crippen LogP) is 2.93. The number of rotatable bonds is 6. The highest BCUT2D eigenvalue weighted by atomic mass is 19.1. The van der Waals surface area contributed by atoms with Gasteiger partial charge < -0.3 is 10.4 Å². The van der Waals surface area contributed by atoms with Gasteiger partial charge in [-0.25, -0.2) is 14.1 Å². The van der Waals surface area contributed by atoms with Gasteiger partial charge in [0.1, 0.15) is 18.5 Å². The summed E-state index contributed by atoms with van der Waals surface area (Å²) in [4.78, 5) is 3.96. The standard InChI is InChI=1S/C19H21FN4O/c1-13-9-15(3-8-18(13)24-12-21-11-23-24)10-22-14(2)19(25)16-4-6-17(20)7-5-16/h3-9,11-12,14,19,22,25H,10H2,1-2H3. The van der Waals surface area contributed by atoms with Crippen LogP contribution in [0, 0.1) is 12.7 Å². The second-order valence-corrected chi connectivity index (χ2v) is 6.13. The Balaban J connectivity index is 1.63. The fourth-order valence-corrected chi connectivity index (χ4v) is 2.76. The first kappa shape index (κ1) is 17.3. The molecular weight excluding hydrogens is 319 g/mol. The Labute approximate surface area is 146 Å². The number of halogens is 1. The van der Waals surface area contributed by atoms with Crippen LogP contribution in [0.25, 0.3) is 5.69 Å².